The van der Waals surface area contributed by atoms with E-state index < -0.39 is 0 Å². The summed E-state index contributed by atoms with van der Waals surface area (Å²) < 4.78 is 1.91. The minimum absolute atomic E-state index is 0.0636. The molecule has 2 heterocycles. The number of hydrogen-bond acceptors (Lipinski definition) is 4. The van der Waals surface area contributed by atoms with E-state index in [2.05, 4.69) is 28.9 Å². The maximum Gasteiger partial charge on any atom is 0.132 e. The molecule has 0 saturated carbocycles. The summed E-state index contributed by atoms with van der Waals surface area (Å²) in [7, 11) is 4.13. The topological polar surface area (TPSA) is 44.5 Å². The molecule has 2 rings (SSSR count). The van der Waals surface area contributed by atoms with Gasteiger partial charge in [-0.15, -0.1) is 0 Å². The minimum Gasteiger partial charge on any atom is -0.391 e. The minimum atomic E-state index is 0.0636. The molecule has 5 heteroatoms. The first-order chi connectivity index (χ1) is 8.54. The van der Waals surface area contributed by atoms with Crippen molar-refractivity contribution in [3.8, 4) is 0 Å². The Hall–Kier alpha value is -1.07. The van der Waals surface area contributed by atoms with Gasteiger partial charge in [-0.1, -0.05) is 0 Å². The van der Waals surface area contributed by atoms with Gasteiger partial charge in [-0.25, -0.2) is 0 Å². The van der Waals surface area contributed by atoms with E-state index in [-0.39, 0.29) is 6.61 Å². The highest BCUT2D eigenvalue weighted by molar-refractivity contribution is 5.50. The first-order valence-electron chi connectivity index (χ1n) is 6.63. The molecule has 102 valence electrons. The largest absolute Gasteiger partial charge is 0.391 e. The zero-order valence-corrected chi connectivity index (χ0v) is 11.8. The Kier molecular flexibility index (Phi) is 3.92. The maximum absolute atomic E-state index is 9.56. The van der Waals surface area contributed by atoms with Gasteiger partial charge < -0.3 is 14.9 Å². The van der Waals surface area contributed by atoms with Crippen LogP contribution in [-0.4, -0.2) is 52.5 Å². The summed E-state index contributed by atoms with van der Waals surface area (Å²) in [6.45, 7) is 7.47. The van der Waals surface area contributed by atoms with Crippen molar-refractivity contribution >= 4 is 5.82 Å². The third kappa shape index (κ3) is 2.37. The Labute approximate surface area is 109 Å². The lowest BCUT2D eigenvalue weighted by molar-refractivity contribution is 0.281. The molecule has 5 nitrogen and oxygen atoms in total. The molecule has 1 aromatic rings. The average Bonchev–Trinajstić information content (AvgIpc) is 2.47. The summed E-state index contributed by atoms with van der Waals surface area (Å²) >= 11 is 0. The highest BCUT2D eigenvalue weighted by Crippen LogP contribution is 2.26. The van der Waals surface area contributed by atoms with Crippen LogP contribution in [0.4, 0.5) is 5.82 Å². The lowest BCUT2D eigenvalue weighted by atomic mass is 10.2. The first kappa shape index (κ1) is 13.4. The summed E-state index contributed by atoms with van der Waals surface area (Å²) in [5.41, 5.74) is 1.90. The van der Waals surface area contributed by atoms with E-state index in [1.165, 1.54) is 0 Å². The van der Waals surface area contributed by atoms with Gasteiger partial charge in [0.1, 0.15) is 5.82 Å². The van der Waals surface area contributed by atoms with Crippen molar-refractivity contribution < 1.29 is 5.11 Å². The number of aliphatic hydroxyl groups excluding tert-OH is 1. The van der Waals surface area contributed by atoms with Crippen LogP contribution in [0.2, 0.25) is 0 Å². The molecule has 0 aromatic carbocycles. The second-order valence-electron chi connectivity index (χ2n) is 5.33. The Bertz CT molecular complexity index is 415. The van der Waals surface area contributed by atoms with Gasteiger partial charge in [0.05, 0.1) is 12.3 Å². The van der Waals surface area contributed by atoms with Crippen molar-refractivity contribution in [1.29, 1.82) is 0 Å². The van der Waals surface area contributed by atoms with Crippen LogP contribution in [0.3, 0.4) is 0 Å². The molecule has 1 saturated heterocycles. The van der Waals surface area contributed by atoms with Gasteiger partial charge in [-0.2, -0.15) is 5.10 Å². The van der Waals surface area contributed by atoms with Crippen molar-refractivity contribution in [1.82, 2.24) is 14.7 Å². The van der Waals surface area contributed by atoms with Crippen molar-refractivity contribution in [2.24, 2.45) is 7.05 Å². The smallest absolute Gasteiger partial charge is 0.132 e. The van der Waals surface area contributed by atoms with Gasteiger partial charge in [0, 0.05) is 31.7 Å². The molecule has 1 aromatic heterocycles. The number of aromatic nitrogens is 2. The summed E-state index contributed by atoms with van der Waals surface area (Å²) in [6, 6.07) is 0.442. The molecule has 0 aliphatic carbocycles. The Balaban J connectivity index is 2.34. The summed E-state index contributed by atoms with van der Waals surface area (Å²) in [5, 5.41) is 14.0. The zero-order valence-electron chi connectivity index (χ0n) is 11.8. The van der Waals surface area contributed by atoms with Crippen LogP contribution in [0.1, 0.15) is 24.6 Å². The number of aliphatic hydroxyl groups is 1. The van der Waals surface area contributed by atoms with E-state index >= 15 is 0 Å². The van der Waals surface area contributed by atoms with Crippen molar-refractivity contribution in [3.05, 3.63) is 11.3 Å². The highest BCUT2D eigenvalue weighted by Gasteiger charge is 2.25. The van der Waals surface area contributed by atoms with E-state index in [9.17, 15) is 5.11 Å². The normalized spacial score (nSPS) is 22.3. The number of hydrogen-bond donors (Lipinski definition) is 1. The second kappa shape index (κ2) is 5.28. The van der Waals surface area contributed by atoms with Gasteiger partial charge in [-0.3, -0.25) is 4.68 Å². The van der Waals surface area contributed by atoms with Crippen LogP contribution in [0, 0.1) is 6.92 Å². The second-order valence-corrected chi connectivity index (χ2v) is 5.33. The van der Waals surface area contributed by atoms with Crippen molar-refractivity contribution in [3.63, 3.8) is 0 Å². The first-order valence-corrected chi connectivity index (χ1v) is 6.63. The van der Waals surface area contributed by atoms with E-state index in [4.69, 9.17) is 0 Å². The summed E-state index contributed by atoms with van der Waals surface area (Å²) in [5.74, 6) is 1.08. The number of aryl methyl sites for hydroxylation is 2. The molecular formula is C13H24N4O. The molecule has 0 radical (unpaired) electrons. The molecule has 18 heavy (non-hydrogen) atoms. The van der Waals surface area contributed by atoms with Crippen LogP contribution < -0.4 is 4.90 Å². The van der Waals surface area contributed by atoms with E-state index in [1.54, 1.807) is 0 Å². The van der Waals surface area contributed by atoms with Gasteiger partial charge in [-0.05, 0) is 33.9 Å². The van der Waals surface area contributed by atoms with Crippen molar-refractivity contribution in [2.75, 3.05) is 31.6 Å². The van der Waals surface area contributed by atoms with E-state index in [0.29, 0.717) is 6.04 Å². The number of nitrogens with zero attached hydrogens (tertiary/aromatic N) is 4. The quantitative estimate of drug-likeness (QED) is 0.843. The standard InChI is InChI=1S/C13H24N4O/c1-10-8-15(3)6-5-7-17(10)13-12(9-18)11(2)14-16(13)4/h10,18H,5-9H2,1-4H3. The van der Waals surface area contributed by atoms with Gasteiger partial charge in [0.2, 0.25) is 0 Å². The summed E-state index contributed by atoms with van der Waals surface area (Å²) in [6.07, 6.45) is 1.15. The molecule has 1 unspecified atom stereocenters. The Morgan fingerprint density at radius 2 is 2.06 bits per heavy atom. The van der Waals surface area contributed by atoms with Crippen LogP contribution in [-0.2, 0) is 13.7 Å². The molecule has 0 spiro atoms. The molecule has 1 aliphatic rings. The SMILES string of the molecule is Cc1nn(C)c(N2CCCN(C)CC2C)c1CO. The molecule has 0 amide bonds. The van der Waals surface area contributed by atoms with Crippen LogP contribution >= 0.6 is 0 Å². The van der Waals surface area contributed by atoms with Crippen LogP contribution in [0.25, 0.3) is 0 Å². The number of rotatable bonds is 2. The predicted molar refractivity (Wildman–Crippen MR) is 72.8 cm³/mol. The lowest BCUT2D eigenvalue weighted by Gasteiger charge is -2.30. The van der Waals surface area contributed by atoms with Crippen LogP contribution in [0.5, 0.6) is 0 Å². The Morgan fingerprint density at radius 3 is 2.72 bits per heavy atom. The van der Waals surface area contributed by atoms with Gasteiger partial charge in [0.15, 0.2) is 0 Å². The molecular weight excluding hydrogens is 228 g/mol. The lowest BCUT2D eigenvalue weighted by Crippen LogP contribution is -2.39. The monoisotopic (exact) mass is 252 g/mol. The molecule has 1 N–H and O–H groups in total. The maximum atomic E-state index is 9.56. The number of likely N-dealkylation sites (N-methyl/N-ethyl adjacent to an activating group) is 1. The summed E-state index contributed by atoms with van der Waals surface area (Å²) in [4.78, 5) is 4.75. The molecule has 1 aliphatic heterocycles. The van der Waals surface area contributed by atoms with E-state index in [0.717, 1.165) is 43.1 Å². The molecule has 1 fully saturated rings. The molecule has 0 bridgehead atoms. The number of anilines is 1. The highest BCUT2D eigenvalue weighted by atomic mass is 16.3. The predicted octanol–water partition coefficient (Wildman–Crippen LogP) is 0.751. The van der Waals surface area contributed by atoms with Gasteiger partial charge >= 0.3 is 0 Å². The van der Waals surface area contributed by atoms with Crippen molar-refractivity contribution in [2.45, 2.75) is 32.9 Å². The van der Waals surface area contributed by atoms with E-state index in [1.807, 2.05) is 18.7 Å². The fourth-order valence-electron chi connectivity index (χ4n) is 2.92. The third-order valence-corrected chi connectivity index (χ3v) is 3.79. The fraction of sp³-hybridized carbons (Fsp3) is 0.769. The molecule has 1 atom stereocenters. The van der Waals surface area contributed by atoms with Crippen LogP contribution in [0.15, 0.2) is 0 Å². The van der Waals surface area contributed by atoms with Gasteiger partial charge in [0.25, 0.3) is 0 Å². The average molecular weight is 252 g/mol. The zero-order chi connectivity index (χ0) is 13.3. The Morgan fingerprint density at radius 1 is 1.33 bits per heavy atom. The third-order valence-electron chi connectivity index (χ3n) is 3.79. The fourth-order valence-corrected chi connectivity index (χ4v) is 2.92.